The molecule has 1 heterocycles. The van der Waals surface area contributed by atoms with E-state index in [9.17, 15) is 14.7 Å². The van der Waals surface area contributed by atoms with Gasteiger partial charge in [-0.05, 0) is 12.1 Å². The van der Waals surface area contributed by atoms with E-state index in [1.54, 1.807) is 6.07 Å². The summed E-state index contributed by atoms with van der Waals surface area (Å²) >= 11 is 0. The highest BCUT2D eigenvalue weighted by Crippen LogP contribution is 2.30. The van der Waals surface area contributed by atoms with Gasteiger partial charge in [0.15, 0.2) is 5.75 Å². The van der Waals surface area contributed by atoms with Gasteiger partial charge in [0.25, 0.3) is 0 Å². The number of benzene rings is 1. The molecule has 5 nitrogen and oxygen atoms in total. The van der Waals surface area contributed by atoms with Gasteiger partial charge in [0.1, 0.15) is 5.75 Å². The molecule has 1 aromatic heterocycles. The Balaban J connectivity index is 2.70. The van der Waals surface area contributed by atoms with Crippen molar-refractivity contribution in [2.75, 3.05) is 0 Å². The number of aromatic nitrogens is 1. The molecule has 1 aromatic carbocycles. The summed E-state index contributed by atoms with van der Waals surface area (Å²) < 4.78 is 6.33. The highest BCUT2D eigenvalue weighted by molar-refractivity contribution is 5.97. The average Bonchev–Trinajstić information content (AvgIpc) is 2.55. The molecule has 2 rings (SSSR count). The van der Waals surface area contributed by atoms with E-state index in [2.05, 4.69) is 0 Å². The summed E-state index contributed by atoms with van der Waals surface area (Å²) in [6.07, 6.45) is 1.44. The molecule has 0 unspecified atom stereocenters. The molecule has 0 fully saturated rings. The molecule has 0 aliphatic heterocycles. The smallest absolute Gasteiger partial charge is 0.308 e. The van der Waals surface area contributed by atoms with Gasteiger partial charge >= 0.3 is 5.97 Å². The molecule has 2 aromatic rings. The topological polar surface area (TPSA) is 68.5 Å². The molecule has 0 spiro atoms. The van der Waals surface area contributed by atoms with Crippen LogP contribution < -0.4 is 4.74 Å². The Bertz CT molecular complexity index is 612. The number of fused-ring (bicyclic) bond motifs is 1. The van der Waals surface area contributed by atoms with Crippen molar-refractivity contribution < 1.29 is 19.4 Å². The van der Waals surface area contributed by atoms with Crippen molar-refractivity contribution in [2.45, 2.75) is 13.8 Å². The predicted octanol–water partition coefficient (Wildman–Crippen LogP) is 1.93. The first kappa shape index (κ1) is 11.2. The molecule has 17 heavy (non-hydrogen) atoms. The van der Waals surface area contributed by atoms with Gasteiger partial charge in [-0.25, -0.2) is 0 Å². The van der Waals surface area contributed by atoms with Gasteiger partial charge in [-0.3, -0.25) is 14.2 Å². The minimum atomic E-state index is -0.458. The van der Waals surface area contributed by atoms with E-state index in [0.717, 1.165) is 0 Å². The highest BCUT2D eigenvalue weighted by Gasteiger charge is 2.13. The second-order valence-electron chi connectivity index (χ2n) is 3.68. The third kappa shape index (κ3) is 1.99. The molecule has 0 aliphatic carbocycles. The monoisotopic (exact) mass is 233 g/mol. The minimum absolute atomic E-state index is 0.0486. The van der Waals surface area contributed by atoms with Crippen LogP contribution in [0, 0.1) is 0 Å². The largest absolute Gasteiger partial charge is 0.508 e. The van der Waals surface area contributed by atoms with Crippen LogP contribution in [0.15, 0.2) is 24.4 Å². The number of aromatic hydroxyl groups is 1. The molecule has 5 heteroatoms. The molecular weight excluding hydrogens is 222 g/mol. The van der Waals surface area contributed by atoms with Crippen molar-refractivity contribution >= 4 is 22.8 Å². The van der Waals surface area contributed by atoms with Gasteiger partial charge in [-0.15, -0.1) is 0 Å². The quantitative estimate of drug-likeness (QED) is 0.764. The summed E-state index contributed by atoms with van der Waals surface area (Å²) in [5, 5.41) is 10.0. The number of carbonyl (C=O) groups is 2. The maximum atomic E-state index is 11.4. The standard InChI is InChI=1S/C12H11NO4/c1-7(14)13-6-12(17-8(2)15)10-4-3-9(16)5-11(10)13/h3-6,16H,1-2H3. The molecule has 0 saturated heterocycles. The van der Waals surface area contributed by atoms with Crippen molar-refractivity contribution in [2.24, 2.45) is 0 Å². The molecule has 0 bridgehead atoms. The lowest BCUT2D eigenvalue weighted by molar-refractivity contribution is -0.131. The molecule has 0 atom stereocenters. The summed E-state index contributed by atoms with van der Waals surface area (Å²) in [5.41, 5.74) is 0.508. The first-order valence-electron chi connectivity index (χ1n) is 5.02. The number of carbonyl (C=O) groups excluding carboxylic acids is 2. The van der Waals surface area contributed by atoms with Crippen molar-refractivity contribution in [3.63, 3.8) is 0 Å². The summed E-state index contributed by atoms with van der Waals surface area (Å²) in [4.78, 5) is 22.3. The van der Waals surface area contributed by atoms with Gasteiger partial charge in [0, 0.05) is 25.3 Å². The predicted molar refractivity (Wildman–Crippen MR) is 61.2 cm³/mol. The number of hydrogen-bond acceptors (Lipinski definition) is 4. The summed E-state index contributed by atoms with van der Waals surface area (Å²) in [6.45, 7) is 2.68. The SMILES string of the molecule is CC(=O)Oc1cn(C(C)=O)c2cc(O)ccc12. The van der Waals surface area contributed by atoms with Crippen LogP contribution >= 0.6 is 0 Å². The summed E-state index contributed by atoms with van der Waals surface area (Å²) in [7, 11) is 0. The molecule has 0 aliphatic rings. The number of esters is 1. The van der Waals surface area contributed by atoms with E-state index in [0.29, 0.717) is 16.7 Å². The van der Waals surface area contributed by atoms with E-state index in [1.165, 1.54) is 36.7 Å². The Morgan fingerprint density at radius 3 is 2.59 bits per heavy atom. The second-order valence-corrected chi connectivity index (χ2v) is 3.68. The van der Waals surface area contributed by atoms with Gasteiger partial charge in [-0.1, -0.05) is 0 Å². The number of hydrogen-bond donors (Lipinski definition) is 1. The van der Waals surface area contributed by atoms with Gasteiger partial charge in [-0.2, -0.15) is 0 Å². The summed E-state index contributed by atoms with van der Waals surface area (Å²) in [5.74, 6) is -0.324. The summed E-state index contributed by atoms with van der Waals surface area (Å²) in [6, 6.07) is 4.52. The van der Waals surface area contributed by atoms with Gasteiger partial charge in [0.2, 0.25) is 5.91 Å². The lowest BCUT2D eigenvalue weighted by Crippen LogP contribution is -2.03. The molecular formula is C12H11NO4. The van der Waals surface area contributed by atoms with Crippen molar-refractivity contribution in [3.8, 4) is 11.5 Å². The third-order valence-electron chi connectivity index (χ3n) is 2.35. The van der Waals surface area contributed by atoms with E-state index < -0.39 is 5.97 Å². The molecule has 0 radical (unpaired) electrons. The van der Waals surface area contributed by atoms with Crippen molar-refractivity contribution in [1.29, 1.82) is 0 Å². The second kappa shape index (κ2) is 3.93. The van der Waals surface area contributed by atoms with Crippen LogP contribution in [0.5, 0.6) is 11.5 Å². The van der Waals surface area contributed by atoms with E-state index >= 15 is 0 Å². The fourth-order valence-electron chi connectivity index (χ4n) is 1.68. The van der Waals surface area contributed by atoms with Crippen molar-refractivity contribution in [1.82, 2.24) is 4.57 Å². The third-order valence-corrected chi connectivity index (χ3v) is 2.35. The average molecular weight is 233 g/mol. The maximum Gasteiger partial charge on any atom is 0.308 e. The number of rotatable bonds is 1. The lowest BCUT2D eigenvalue weighted by Gasteiger charge is -1.99. The van der Waals surface area contributed by atoms with Gasteiger partial charge < -0.3 is 9.84 Å². The Hall–Kier alpha value is -2.30. The Labute approximate surface area is 97.2 Å². The van der Waals surface area contributed by atoms with Crippen LogP contribution in [-0.2, 0) is 4.79 Å². The zero-order valence-corrected chi connectivity index (χ0v) is 9.43. The van der Waals surface area contributed by atoms with Crippen LogP contribution in [0.3, 0.4) is 0 Å². The van der Waals surface area contributed by atoms with Crippen LogP contribution in [0.25, 0.3) is 10.9 Å². The number of phenolic OH excluding ortho intramolecular Hbond substituents is 1. The molecule has 88 valence electrons. The van der Waals surface area contributed by atoms with Crippen LogP contribution in [0.1, 0.15) is 18.6 Å². The molecule has 0 amide bonds. The lowest BCUT2D eigenvalue weighted by atomic mass is 10.2. The van der Waals surface area contributed by atoms with E-state index in [4.69, 9.17) is 4.74 Å². The number of ether oxygens (including phenoxy) is 1. The van der Waals surface area contributed by atoms with Crippen LogP contribution in [-0.4, -0.2) is 21.6 Å². The van der Waals surface area contributed by atoms with Crippen molar-refractivity contribution in [3.05, 3.63) is 24.4 Å². The first-order chi connectivity index (χ1) is 7.99. The fourth-order valence-corrected chi connectivity index (χ4v) is 1.68. The zero-order valence-electron chi connectivity index (χ0n) is 9.43. The van der Waals surface area contributed by atoms with E-state index in [1.807, 2.05) is 0 Å². The Morgan fingerprint density at radius 1 is 1.29 bits per heavy atom. The fraction of sp³-hybridized carbons (Fsp3) is 0.167. The number of phenols is 1. The van der Waals surface area contributed by atoms with E-state index in [-0.39, 0.29) is 11.7 Å². The van der Waals surface area contributed by atoms with Gasteiger partial charge in [0.05, 0.1) is 11.7 Å². The Morgan fingerprint density at radius 2 is 2.00 bits per heavy atom. The Kier molecular flexibility index (Phi) is 2.59. The normalized spacial score (nSPS) is 10.5. The number of nitrogens with zero attached hydrogens (tertiary/aromatic N) is 1. The first-order valence-corrected chi connectivity index (χ1v) is 5.02. The van der Waals surface area contributed by atoms with Crippen LogP contribution in [0.4, 0.5) is 0 Å². The van der Waals surface area contributed by atoms with Crippen LogP contribution in [0.2, 0.25) is 0 Å². The zero-order chi connectivity index (χ0) is 12.6. The molecule has 1 N–H and O–H groups in total. The minimum Gasteiger partial charge on any atom is -0.508 e. The maximum absolute atomic E-state index is 11.4. The highest BCUT2D eigenvalue weighted by atomic mass is 16.5. The molecule has 0 saturated carbocycles.